The van der Waals surface area contributed by atoms with Crippen LogP contribution in [0.1, 0.15) is 26.3 Å². The third kappa shape index (κ3) is 4.53. The second kappa shape index (κ2) is 7.91. The van der Waals surface area contributed by atoms with Crippen molar-refractivity contribution in [2.24, 2.45) is 11.8 Å². The predicted molar refractivity (Wildman–Crippen MR) is 107 cm³/mol. The lowest BCUT2D eigenvalue weighted by molar-refractivity contribution is -0.0443. The Balaban J connectivity index is 1.74. The summed E-state index contributed by atoms with van der Waals surface area (Å²) in [5, 5.41) is 21.3. The molecule has 0 bridgehead atoms. The molecule has 1 aliphatic rings. The van der Waals surface area contributed by atoms with Crippen LogP contribution in [-0.2, 0) is 6.42 Å². The molecular formula is C23H31NO2. The van der Waals surface area contributed by atoms with Gasteiger partial charge in [0.15, 0.2) is 0 Å². The van der Waals surface area contributed by atoms with Gasteiger partial charge in [0, 0.05) is 26.1 Å². The number of hydrogen-bond donors (Lipinski definition) is 2. The van der Waals surface area contributed by atoms with Crippen LogP contribution in [0, 0.1) is 11.8 Å². The van der Waals surface area contributed by atoms with Crippen molar-refractivity contribution in [2.75, 3.05) is 19.6 Å². The van der Waals surface area contributed by atoms with Gasteiger partial charge in [-0.1, -0.05) is 68.4 Å². The summed E-state index contributed by atoms with van der Waals surface area (Å²) in [6, 6.07) is 18.7. The number of likely N-dealkylation sites (tertiary alicyclic amines) is 1. The second-order valence-corrected chi connectivity index (χ2v) is 8.34. The molecule has 1 aliphatic heterocycles. The van der Waals surface area contributed by atoms with Crippen molar-refractivity contribution >= 4 is 0 Å². The highest BCUT2D eigenvalue weighted by atomic mass is 16.3. The maximum absolute atomic E-state index is 11.1. The SMILES string of the molecule is CC1CN(CC(C)(O)Cc2ccccc2-c2ccccc2)CC(C)C1O. The van der Waals surface area contributed by atoms with Crippen LogP contribution in [0.5, 0.6) is 0 Å². The molecule has 0 spiro atoms. The molecule has 1 fully saturated rings. The van der Waals surface area contributed by atoms with E-state index in [1.807, 2.05) is 31.2 Å². The van der Waals surface area contributed by atoms with Gasteiger partial charge in [-0.2, -0.15) is 0 Å². The summed E-state index contributed by atoms with van der Waals surface area (Å²) in [6.07, 6.45) is 0.370. The van der Waals surface area contributed by atoms with Crippen LogP contribution >= 0.6 is 0 Å². The molecule has 2 aromatic rings. The van der Waals surface area contributed by atoms with Crippen LogP contribution in [0.2, 0.25) is 0 Å². The lowest BCUT2D eigenvalue weighted by Crippen LogP contribution is -2.52. The van der Waals surface area contributed by atoms with Crippen LogP contribution < -0.4 is 0 Å². The molecule has 3 atom stereocenters. The van der Waals surface area contributed by atoms with Crippen molar-refractivity contribution < 1.29 is 10.2 Å². The van der Waals surface area contributed by atoms with Crippen molar-refractivity contribution in [2.45, 2.75) is 38.9 Å². The maximum Gasteiger partial charge on any atom is 0.0786 e. The third-order valence-electron chi connectivity index (χ3n) is 5.50. The number of hydrogen-bond acceptors (Lipinski definition) is 3. The van der Waals surface area contributed by atoms with Crippen LogP contribution in [-0.4, -0.2) is 46.5 Å². The van der Waals surface area contributed by atoms with E-state index in [0.717, 1.165) is 13.1 Å². The summed E-state index contributed by atoms with van der Waals surface area (Å²) in [4.78, 5) is 2.30. The lowest BCUT2D eigenvalue weighted by Gasteiger charge is -2.41. The minimum Gasteiger partial charge on any atom is -0.392 e. The first kappa shape index (κ1) is 19.1. The van der Waals surface area contributed by atoms with E-state index in [0.29, 0.717) is 13.0 Å². The summed E-state index contributed by atoms with van der Waals surface area (Å²) in [5.74, 6) is 0.484. The van der Waals surface area contributed by atoms with E-state index in [2.05, 4.69) is 49.1 Å². The van der Waals surface area contributed by atoms with Gasteiger partial charge in [-0.3, -0.25) is 4.90 Å². The first-order valence-electron chi connectivity index (χ1n) is 9.62. The zero-order valence-corrected chi connectivity index (χ0v) is 16.1. The van der Waals surface area contributed by atoms with Gasteiger partial charge in [-0.25, -0.2) is 0 Å². The smallest absolute Gasteiger partial charge is 0.0786 e. The number of rotatable bonds is 5. The van der Waals surface area contributed by atoms with E-state index in [-0.39, 0.29) is 17.9 Å². The number of benzene rings is 2. The van der Waals surface area contributed by atoms with E-state index in [1.165, 1.54) is 16.7 Å². The van der Waals surface area contributed by atoms with E-state index in [9.17, 15) is 10.2 Å². The monoisotopic (exact) mass is 353 g/mol. The molecule has 26 heavy (non-hydrogen) atoms. The van der Waals surface area contributed by atoms with E-state index in [4.69, 9.17) is 0 Å². The number of nitrogens with zero attached hydrogens (tertiary/aromatic N) is 1. The summed E-state index contributed by atoms with van der Waals surface area (Å²) >= 11 is 0. The molecule has 0 saturated carbocycles. The molecule has 0 radical (unpaired) electrons. The van der Waals surface area contributed by atoms with Crippen LogP contribution in [0.3, 0.4) is 0 Å². The molecule has 1 heterocycles. The highest BCUT2D eigenvalue weighted by molar-refractivity contribution is 5.67. The standard InChI is InChI=1S/C23H31NO2/c1-17-14-24(15-18(2)22(17)25)16-23(3,26)13-20-11-7-8-12-21(20)19-9-5-4-6-10-19/h4-12,17-18,22,25-26H,13-16H2,1-3H3. The zero-order chi connectivity index (χ0) is 18.7. The molecule has 0 aromatic heterocycles. The van der Waals surface area contributed by atoms with Gasteiger partial charge in [0.25, 0.3) is 0 Å². The summed E-state index contributed by atoms with van der Waals surface area (Å²) in [5.41, 5.74) is 2.72. The van der Waals surface area contributed by atoms with Gasteiger partial charge in [0.05, 0.1) is 11.7 Å². The summed E-state index contributed by atoms with van der Waals surface area (Å²) < 4.78 is 0. The second-order valence-electron chi connectivity index (χ2n) is 8.34. The largest absolute Gasteiger partial charge is 0.392 e. The van der Waals surface area contributed by atoms with Gasteiger partial charge < -0.3 is 10.2 Å². The van der Waals surface area contributed by atoms with Crippen LogP contribution in [0.4, 0.5) is 0 Å². The summed E-state index contributed by atoms with van der Waals surface area (Å²) in [7, 11) is 0. The molecule has 2 N–H and O–H groups in total. The molecule has 0 aliphatic carbocycles. The van der Waals surface area contributed by atoms with E-state index < -0.39 is 5.60 Å². The van der Waals surface area contributed by atoms with Crippen molar-refractivity contribution in [1.29, 1.82) is 0 Å². The Labute approximate surface area is 157 Å². The minimum absolute atomic E-state index is 0.241. The summed E-state index contributed by atoms with van der Waals surface area (Å²) in [6.45, 7) is 8.40. The average molecular weight is 354 g/mol. The average Bonchev–Trinajstić information content (AvgIpc) is 2.60. The Morgan fingerprint density at radius 2 is 1.54 bits per heavy atom. The van der Waals surface area contributed by atoms with Crippen molar-refractivity contribution in [3.8, 4) is 11.1 Å². The molecule has 3 heteroatoms. The lowest BCUT2D eigenvalue weighted by atomic mass is 9.86. The first-order chi connectivity index (χ1) is 12.4. The van der Waals surface area contributed by atoms with Crippen molar-refractivity contribution in [1.82, 2.24) is 4.90 Å². The molecule has 3 nitrogen and oxygen atoms in total. The molecule has 1 saturated heterocycles. The Morgan fingerprint density at radius 3 is 2.19 bits per heavy atom. The maximum atomic E-state index is 11.1. The van der Waals surface area contributed by atoms with Gasteiger partial charge in [0.1, 0.15) is 0 Å². The number of aliphatic hydroxyl groups is 2. The first-order valence-corrected chi connectivity index (χ1v) is 9.62. The van der Waals surface area contributed by atoms with E-state index in [1.54, 1.807) is 0 Å². The van der Waals surface area contributed by atoms with Crippen molar-refractivity contribution in [3.63, 3.8) is 0 Å². The highest BCUT2D eigenvalue weighted by Crippen LogP contribution is 2.28. The molecule has 140 valence electrons. The van der Waals surface area contributed by atoms with Crippen LogP contribution in [0.15, 0.2) is 54.6 Å². The van der Waals surface area contributed by atoms with E-state index >= 15 is 0 Å². The fraction of sp³-hybridized carbons (Fsp3) is 0.478. The Bertz CT molecular complexity index is 701. The third-order valence-corrected chi connectivity index (χ3v) is 5.50. The Morgan fingerprint density at radius 1 is 0.962 bits per heavy atom. The van der Waals surface area contributed by atoms with Gasteiger partial charge in [-0.15, -0.1) is 0 Å². The van der Waals surface area contributed by atoms with Gasteiger partial charge in [-0.05, 0) is 35.4 Å². The molecule has 3 rings (SSSR count). The minimum atomic E-state index is -0.813. The number of piperidine rings is 1. The number of aliphatic hydroxyl groups excluding tert-OH is 1. The predicted octanol–water partition coefficient (Wildman–Crippen LogP) is 3.60. The van der Waals surface area contributed by atoms with Gasteiger partial charge >= 0.3 is 0 Å². The Hall–Kier alpha value is -1.68. The molecule has 3 unspecified atom stereocenters. The Kier molecular flexibility index (Phi) is 5.81. The van der Waals surface area contributed by atoms with Gasteiger partial charge in [0.2, 0.25) is 0 Å². The zero-order valence-electron chi connectivity index (χ0n) is 16.1. The topological polar surface area (TPSA) is 43.7 Å². The fourth-order valence-corrected chi connectivity index (χ4v) is 4.32. The van der Waals surface area contributed by atoms with Crippen molar-refractivity contribution in [3.05, 3.63) is 60.2 Å². The van der Waals surface area contributed by atoms with Crippen LogP contribution in [0.25, 0.3) is 11.1 Å². The normalized spacial score (nSPS) is 26.4. The molecular weight excluding hydrogens is 322 g/mol. The molecule has 0 amide bonds. The number of β-amino-alcohol motifs (C(OH)–C–C–N with tert-alkyl or cyclic N) is 1. The quantitative estimate of drug-likeness (QED) is 0.863. The highest BCUT2D eigenvalue weighted by Gasteiger charge is 2.34. The molecule has 2 aromatic carbocycles. The fourth-order valence-electron chi connectivity index (χ4n) is 4.32.